The first-order valence-corrected chi connectivity index (χ1v) is 11.3. The number of rotatable bonds is 7. The van der Waals surface area contributed by atoms with Gasteiger partial charge in [-0.05, 0) is 37.8 Å². The minimum atomic E-state index is -1.28. The molecule has 0 aromatic heterocycles. The van der Waals surface area contributed by atoms with Gasteiger partial charge in [0.15, 0.2) is 5.78 Å². The first-order chi connectivity index (χ1) is 14.1. The SMILES string of the molecule is CC(C)[N-]C(C)C.CCOC(=O)C(C(=O)C1CCC(C)CC1)c1c(F)cccc1Cl.[Li+]. The third-order valence-electron chi connectivity index (χ3n) is 5.11. The standard InChI is InChI=1S/C18H22ClFO3.C6H14N.Li/c1-3-23-18(22)16(15-13(19)5-4-6-14(15)20)17(21)12-9-7-11(2)8-10-12;1-5(2)7-6(3)4;/h4-6,11-12,16H,3,7-10H2,1-2H3;5-6H,1-4H3;/q;-1;+1. The fourth-order valence-electron chi connectivity index (χ4n) is 3.76. The van der Waals surface area contributed by atoms with Gasteiger partial charge in [0, 0.05) is 16.5 Å². The van der Waals surface area contributed by atoms with Crippen LogP contribution in [0, 0.1) is 17.7 Å². The number of hydrogen-bond acceptors (Lipinski definition) is 3. The van der Waals surface area contributed by atoms with Gasteiger partial charge >= 0.3 is 24.8 Å². The molecule has 1 atom stereocenters. The van der Waals surface area contributed by atoms with E-state index in [1.807, 2.05) is 0 Å². The van der Waals surface area contributed by atoms with Gasteiger partial charge in [0.1, 0.15) is 11.7 Å². The minimum absolute atomic E-state index is 0. The average molecular weight is 448 g/mol. The normalized spacial score (nSPS) is 19.2. The van der Waals surface area contributed by atoms with E-state index in [1.165, 1.54) is 18.2 Å². The number of ketones is 1. The molecule has 1 aliphatic rings. The van der Waals surface area contributed by atoms with Crippen molar-refractivity contribution in [1.82, 2.24) is 0 Å². The smallest absolute Gasteiger partial charge is 0.658 e. The molecule has 2 rings (SSSR count). The van der Waals surface area contributed by atoms with Crippen molar-refractivity contribution in [2.75, 3.05) is 6.61 Å². The maximum Gasteiger partial charge on any atom is 1.00 e. The Morgan fingerprint density at radius 2 is 1.68 bits per heavy atom. The van der Waals surface area contributed by atoms with Gasteiger partial charge in [-0.15, -0.1) is 12.1 Å². The molecule has 1 unspecified atom stereocenters. The number of carbonyl (C=O) groups is 2. The monoisotopic (exact) mass is 447 g/mol. The molecule has 1 fully saturated rings. The molecule has 0 spiro atoms. The Balaban J connectivity index is 0.000000975. The average Bonchev–Trinajstić information content (AvgIpc) is 2.64. The summed E-state index contributed by atoms with van der Waals surface area (Å²) in [6.45, 7) is 12.3. The third-order valence-corrected chi connectivity index (χ3v) is 5.44. The molecule has 0 saturated heterocycles. The molecular formula is C24H36ClFLiNO3. The van der Waals surface area contributed by atoms with Crippen LogP contribution in [0.2, 0.25) is 5.02 Å². The van der Waals surface area contributed by atoms with Crippen molar-refractivity contribution < 1.29 is 37.6 Å². The van der Waals surface area contributed by atoms with Crippen LogP contribution in [0.15, 0.2) is 18.2 Å². The second-order valence-electron chi connectivity index (χ2n) is 8.52. The van der Waals surface area contributed by atoms with Gasteiger partial charge < -0.3 is 10.1 Å². The zero-order chi connectivity index (χ0) is 22.8. The molecule has 0 N–H and O–H groups in total. The Kier molecular flexibility index (Phi) is 14.6. The molecular weight excluding hydrogens is 412 g/mol. The second-order valence-corrected chi connectivity index (χ2v) is 8.92. The van der Waals surface area contributed by atoms with Crippen molar-refractivity contribution in [3.05, 3.63) is 39.9 Å². The summed E-state index contributed by atoms with van der Waals surface area (Å²) in [5, 5.41) is 4.36. The van der Waals surface area contributed by atoms with Crippen LogP contribution in [0.4, 0.5) is 4.39 Å². The van der Waals surface area contributed by atoms with Crippen molar-refractivity contribution in [3.8, 4) is 0 Å². The Hall–Kier alpha value is -0.863. The van der Waals surface area contributed by atoms with Crippen molar-refractivity contribution >= 4 is 23.4 Å². The van der Waals surface area contributed by atoms with Crippen LogP contribution < -0.4 is 18.9 Å². The number of ether oxygens (including phenoxy) is 1. The van der Waals surface area contributed by atoms with Crippen molar-refractivity contribution in [3.63, 3.8) is 0 Å². The number of hydrogen-bond donors (Lipinski definition) is 0. The zero-order valence-electron chi connectivity index (χ0n) is 20.1. The summed E-state index contributed by atoms with van der Waals surface area (Å²) in [5.74, 6) is -2.57. The topological polar surface area (TPSA) is 57.5 Å². The van der Waals surface area contributed by atoms with Crippen LogP contribution in [0.25, 0.3) is 5.32 Å². The van der Waals surface area contributed by atoms with E-state index in [9.17, 15) is 14.0 Å². The van der Waals surface area contributed by atoms with Crippen molar-refractivity contribution in [1.29, 1.82) is 0 Å². The number of Topliss-reactive ketones (excluding diaryl/α,β-unsaturated/α-hetero) is 1. The maximum atomic E-state index is 14.2. The molecule has 7 heteroatoms. The number of nitrogens with zero attached hydrogens (tertiary/aromatic N) is 1. The van der Waals surface area contributed by atoms with E-state index in [0.717, 1.165) is 25.7 Å². The molecule has 0 amide bonds. The van der Waals surface area contributed by atoms with E-state index in [2.05, 4.69) is 39.9 Å². The first kappa shape index (κ1) is 30.1. The van der Waals surface area contributed by atoms with E-state index >= 15 is 0 Å². The summed E-state index contributed by atoms with van der Waals surface area (Å²) >= 11 is 6.07. The molecule has 1 aromatic rings. The quantitative estimate of drug-likeness (QED) is 0.364. The van der Waals surface area contributed by atoms with Gasteiger partial charge in [-0.25, -0.2) is 4.39 Å². The van der Waals surface area contributed by atoms with E-state index in [-0.39, 0.29) is 47.8 Å². The zero-order valence-corrected chi connectivity index (χ0v) is 20.8. The second kappa shape index (κ2) is 15.1. The van der Waals surface area contributed by atoms with Crippen molar-refractivity contribution in [2.24, 2.45) is 11.8 Å². The molecule has 1 saturated carbocycles. The Labute approximate surface area is 204 Å². The van der Waals surface area contributed by atoms with Crippen LogP contribution in [-0.4, -0.2) is 30.4 Å². The number of benzene rings is 1. The fourth-order valence-corrected chi connectivity index (χ4v) is 4.04. The molecule has 31 heavy (non-hydrogen) atoms. The minimum Gasteiger partial charge on any atom is -0.658 e. The van der Waals surface area contributed by atoms with Gasteiger partial charge in [-0.3, -0.25) is 9.59 Å². The Bertz CT molecular complexity index is 665. The summed E-state index contributed by atoms with van der Waals surface area (Å²) in [6.07, 6.45) is 3.33. The Morgan fingerprint density at radius 3 is 2.10 bits per heavy atom. The predicted octanol–water partition coefficient (Wildman–Crippen LogP) is 3.70. The first-order valence-electron chi connectivity index (χ1n) is 10.9. The summed E-state index contributed by atoms with van der Waals surface area (Å²) in [6, 6.07) is 5.15. The van der Waals surface area contributed by atoms with Gasteiger partial charge in [0.25, 0.3) is 0 Å². The molecule has 0 heterocycles. The molecule has 1 aliphatic carbocycles. The summed E-state index contributed by atoms with van der Waals surface area (Å²) < 4.78 is 19.3. The Morgan fingerprint density at radius 1 is 1.13 bits per heavy atom. The predicted molar refractivity (Wildman–Crippen MR) is 121 cm³/mol. The van der Waals surface area contributed by atoms with E-state index in [0.29, 0.717) is 18.0 Å². The van der Waals surface area contributed by atoms with Crippen LogP contribution in [0.3, 0.4) is 0 Å². The van der Waals surface area contributed by atoms with Crippen LogP contribution >= 0.6 is 11.6 Å². The number of carbonyl (C=O) groups excluding carboxylic acids is 2. The van der Waals surface area contributed by atoms with Crippen LogP contribution in [-0.2, 0) is 14.3 Å². The van der Waals surface area contributed by atoms with Crippen LogP contribution in [0.1, 0.15) is 78.7 Å². The van der Waals surface area contributed by atoms with E-state index < -0.39 is 17.7 Å². The van der Waals surface area contributed by atoms with Gasteiger partial charge in [0.05, 0.1) is 6.61 Å². The van der Waals surface area contributed by atoms with Gasteiger partial charge in [-0.2, -0.15) is 0 Å². The largest absolute Gasteiger partial charge is 1.00 e. The van der Waals surface area contributed by atoms with Gasteiger partial charge in [0.2, 0.25) is 0 Å². The fraction of sp³-hybridized carbons (Fsp3) is 0.667. The molecule has 0 aliphatic heterocycles. The molecule has 1 aromatic carbocycles. The van der Waals surface area contributed by atoms with E-state index in [4.69, 9.17) is 16.3 Å². The maximum absolute atomic E-state index is 14.2. The molecule has 0 bridgehead atoms. The molecule has 170 valence electrons. The summed E-state index contributed by atoms with van der Waals surface area (Å²) in [5.41, 5.74) is -0.0590. The van der Waals surface area contributed by atoms with E-state index in [1.54, 1.807) is 6.92 Å². The molecule has 4 nitrogen and oxygen atoms in total. The number of esters is 1. The molecule has 0 radical (unpaired) electrons. The van der Waals surface area contributed by atoms with Gasteiger partial charge in [-0.1, -0.05) is 65.1 Å². The van der Waals surface area contributed by atoms with Crippen molar-refractivity contribution in [2.45, 2.75) is 85.2 Å². The summed E-state index contributed by atoms with van der Waals surface area (Å²) in [7, 11) is 0. The third kappa shape index (κ3) is 10.1. The number of halogens is 2. The summed E-state index contributed by atoms with van der Waals surface area (Å²) in [4.78, 5) is 25.2. The van der Waals surface area contributed by atoms with Crippen LogP contribution in [0.5, 0.6) is 0 Å².